The Morgan fingerprint density at radius 3 is 2.57 bits per heavy atom. The van der Waals surface area contributed by atoms with Crippen molar-refractivity contribution < 1.29 is 4.79 Å². The first-order valence-corrected chi connectivity index (χ1v) is 7.47. The van der Waals surface area contributed by atoms with Gasteiger partial charge in [-0.15, -0.1) is 0 Å². The number of anilines is 1. The van der Waals surface area contributed by atoms with Crippen molar-refractivity contribution in [3.63, 3.8) is 0 Å². The largest absolute Gasteiger partial charge is 0.326 e. The molecule has 21 heavy (non-hydrogen) atoms. The van der Waals surface area contributed by atoms with Gasteiger partial charge in [0.15, 0.2) is 0 Å². The molecule has 2 aliphatic rings. The first kappa shape index (κ1) is 14.1. The van der Waals surface area contributed by atoms with Gasteiger partial charge < -0.3 is 15.5 Å². The second kappa shape index (κ2) is 6.25. The molecule has 2 aliphatic heterocycles. The van der Waals surface area contributed by atoms with E-state index in [2.05, 4.69) is 21.6 Å². The average Bonchev–Trinajstić information content (AvgIpc) is 3.07. The fourth-order valence-electron chi connectivity index (χ4n) is 3.25. The van der Waals surface area contributed by atoms with Gasteiger partial charge in [0, 0.05) is 31.7 Å². The predicted molar refractivity (Wildman–Crippen MR) is 80.7 cm³/mol. The van der Waals surface area contributed by atoms with Gasteiger partial charge in [0.05, 0.1) is 11.6 Å². The van der Waals surface area contributed by atoms with Crippen LogP contribution in [0, 0.1) is 23.2 Å². The number of nitrogens with zero attached hydrogens (tertiary/aromatic N) is 2. The summed E-state index contributed by atoms with van der Waals surface area (Å²) in [5, 5.41) is 15.0. The van der Waals surface area contributed by atoms with Crippen molar-refractivity contribution in [2.75, 3.05) is 38.0 Å². The molecule has 2 atom stereocenters. The molecule has 0 radical (unpaired) electrons. The van der Waals surface area contributed by atoms with Crippen molar-refractivity contribution >= 4 is 11.6 Å². The highest BCUT2D eigenvalue weighted by molar-refractivity contribution is 5.90. The Morgan fingerprint density at radius 1 is 1.29 bits per heavy atom. The van der Waals surface area contributed by atoms with Crippen LogP contribution in [0.5, 0.6) is 0 Å². The van der Waals surface area contributed by atoms with Crippen LogP contribution in [0.15, 0.2) is 24.3 Å². The molecule has 1 aromatic rings. The highest BCUT2D eigenvalue weighted by Crippen LogP contribution is 2.26. The zero-order valence-electron chi connectivity index (χ0n) is 12.0. The van der Waals surface area contributed by atoms with Crippen LogP contribution in [0.1, 0.15) is 12.0 Å². The smallest absolute Gasteiger partial charge is 0.225 e. The second-order valence-corrected chi connectivity index (χ2v) is 5.93. The van der Waals surface area contributed by atoms with Crippen LogP contribution in [0.25, 0.3) is 0 Å². The van der Waals surface area contributed by atoms with Gasteiger partial charge in [-0.2, -0.15) is 5.26 Å². The van der Waals surface area contributed by atoms with Gasteiger partial charge in [-0.25, -0.2) is 0 Å². The van der Waals surface area contributed by atoms with E-state index in [1.807, 2.05) is 0 Å². The molecule has 2 saturated heterocycles. The maximum absolute atomic E-state index is 12.0. The van der Waals surface area contributed by atoms with Gasteiger partial charge >= 0.3 is 0 Å². The van der Waals surface area contributed by atoms with Gasteiger partial charge in [0.1, 0.15) is 0 Å². The average molecular weight is 284 g/mol. The number of hydrogen-bond acceptors (Lipinski definition) is 4. The van der Waals surface area contributed by atoms with E-state index in [9.17, 15) is 4.79 Å². The number of likely N-dealkylation sites (tertiary alicyclic amines) is 1. The minimum absolute atomic E-state index is 0.0369. The third-order valence-electron chi connectivity index (χ3n) is 4.42. The van der Waals surface area contributed by atoms with E-state index < -0.39 is 0 Å². The molecule has 2 N–H and O–H groups in total. The van der Waals surface area contributed by atoms with Crippen molar-refractivity contribution in [2.24, 2.45) is 11.8 Å². The van der Waals surface area contributed by atoms with Crippen LogP contribution in [-0.2, 0) is 4.79 Å². The Bertz CT molecular complexity index is 536. The number of nitriles is 1. The highest BCUT2D eigenvalue weighted by atomic mass is 16.1. The molecule has 1 aromatic carbocycles. The molecule has 110 valence electrons. The van der Waals surface area contributed by atoms with Crippen LogP contribution in [0.4, 0.5) is 5.69 Å². The normalized spacial score (nSPS) is 24.5. The summed E-state index contributed by atoms with van der Waals surface area (Å²) in [5.74, 6) is 1.58. The number of nitrogens with one attached hydrogen (secondary N) is 2. The molecular weight excluding hydrogens is 264 g/mol. The van der Waals surface area contributed by atoms with E-state index >= 15 is 0 Å². The van der Waals surface area contributed by atoms with Gasteiger partial charge in [-0.05, 0) is 49.2 Å². The van der Waals surface area contributed by atoms with Crippen molar-refractivity contribution in [2.45, 2.75) is 6.42 Å². The molecular formula is C16H20N4O. The summed E-state index contributed by atoms with van der Waals surface area (Å²) in [6.07, 6.45) is 0.521. The molecule has 5 nitrogen and oxygen atoms in total. The fraction of sp³-hybridized carbons (Fsp3) is 0.500. The third-order valence-corrected chi connectivity index (χ3v) is 4.42. The van der Waals surface area contributed by atoms with E-state index in [0.717, 1.165) is 50.2 Å². The topological polar surface area (TPSA) is 68.2 Å². The lowest BCUT2D eigenvalue weighted by Crippen LogP contribution is -2.29. The molecule has 1 amide bonds. The van der Waals surface area contributed by atoms with E-state index in [4.69, 9.17) is 5.26 Å². The summed E-state index contributed by atoms with van der Waals surface area (Å²) < 4.78 is 0. The first-order chi connectivity index (χ1) is 10.2. The van der Waals surface area contributed by atoms with Gasteiger partial charge in [0.2, 0.25) is 5.91 Å². The summed E-state index contributed by atoms with van der Waals surface area (Å²) in [6.45, 7) is 5.30. The Hall–Kier alpha value is -1.90. The quantitative estimate of drug-likeness (QED) is 0.867. The number of amides is 1. The lowest BCUT2D eigenvalue weighted by Gasteiger charge is -2.16. The van der Waals surface area contributed by atoms with Crippen molar-refractivity contribution in [3.8, 4) is 6.07 Å². The molecule has 2 fully saturated rings. The lowest BCUT2D eigenvalue weighted by atomic mass is 10.0. The monoisotopic (exact) mass is 284 g/mol. The molecule has 0 aromatic heterocycles. The van der Waals surface area contributed by atoms with E-state index in [1.165, 1.54) is 0 Å². The second-order valence-electron chi connectivity index (χ2n) is 5.93. The Balaban J connectivity index is 1.43. The highest BCUT2D eigenvalue weighted by Gasteiger charge is 2.35. The first-order valence-electron chi connectivity index (χ1n) is 7.47. The van der Waals surface area contributed by atoms with Crippen LogP contribution in [0.3, 0.4) is 0 Å². The minimum atomic E-state index is 0.0369. The van der Waals surface area contributed by atoms with E-state index in [0.29, 0.717) is 12.0 Å². The van der Waals surface area contributed by atoms with Gasteiger partial charge in [0.25, 0.3) is 0 Å². The van der Waals surface area contributed by atoms with Crippen LogP contribution < -0.4 is 10.6 Å². The molecule has 5 heteroatoms. The Kier molecular flexibility index (Phi) is 4.18. The predicted octanol–water partition coefficient (Wildman–Crippen LogP) is 1.04. The Labute approximate surface area is 124 Å². The maximum atomic E-state index is 12.0. The Morgan fingerprint density at radius 2 is 1.95 bits per heavy atom. The van der Waals surface area contributed by atoms with Gasteiger partial charge in [-0.1, -0.05) is 0 Å². The summed E-state index contributed by atoms with van der Waals surface area (Å²) in [7, 11) is 0. The number of carbonyl (C=O) groups excluding carboxylic acids is 1. The number of rotatable bonds is 4. The number of fused-ring (bicyclic) bond motifs is 1. The summed E-state index contributed by atoms with van der Waals surface area (Å²) >= 11 is 0. The third kappa shape index (κ3) is 3.41. The lowest BCUT2D eigenvalue weighted by molar-refractivity contribution is -0.116. The summed E-state index contributed by atoms with van der Waals surface area (Å²) in [5.41, 5.74) is 1.35. The maximum Gasteiger partial charge on any atom is 0.225 e. The SMILES string of the molecule is N#Cc1ccc(NC(=O)CCN2CC3CNCC3C2)cc1. The fourth-order valence-corrected chi connectivity index (χ4v) is 3.25. The number of hydrogen-bond donors (Lipinski definition) is 2. The number of carbonyl (C=O) groups is 1. The van der Waals surface area contributed by atoms with Crippen molar-refractivity contribution in [1.29, 1.82) is 5.26 Å². The summed E-state index contributed by atoms with van der Waals surface area (Å²) in [4.78, 5) is 14.4. The molecule has 0 aliphatic carbocycles. The van der Waals surface area contributed by atoms with Gasteiger partial charge in [-0.3, -0.25) is 4.79 Å². The minimum Gasteiger partial charge on any atom is -0.326 e. The van der Waals surface area contributed by atoms with Crippen molar-refractivity contribution in [3.05, 3.63) is 29.8 Å². The van der Waals surface area contributed by atoms with Crippen LogP contribution in [-0.4, -0.2) is 43.5 Å². The molecule has 2 heterocycles. The van der Waals surface area contributed by atoms with E-state index in [-0.39, 0.29) is 5.91 Å². The molecule has 2 unspecified atom stereocenters. The zero-order valence-corrected chi connectivity index (χ0v) is 12.0. The molecule has 0 spiro atoms. The molecule has 3 rings (SSSR count). The molecule has 0 bridgehead atoms. The summed E-state index contributed by atoms with van der Waals surface area (Å²) in [6, 6.07) is 9.02. The van der Waals surface area contributed by atoms with Crippen LogP contribution in [0.2, 0.25) is 0 Å². The van der Waals surface area contributed by atoms with E-state index in [1.54, 1.807) is 24.3 Å². The zero-order chi connectivity index (χ0) is 14.7. The van der Waals surface area contributed by atoms with Crippen molar-refractivity contribution in [1.82, 2.24) is 10.2 Å². The standard InChI is InChI=1S/C16H20N4O/c17-7-12-1-3-15(4-2-12)19-16(21)5-6-20-10-13-8-18-9-14(13)11-20/h1-4,13-14,18H,5-6,8-11H2,(H,19,21). The number of benzene rings is 1. The molecule has 0 saturated carbocycles. The van der Waals surface area contributed by atoms with Crippen LogP contribution >= 0.6 is 0 Å².